The molecule has 1 unspecified atom stereocenters. The molecule has 0 aromatic heterocycles. The van der Waals surface area contributed by atoms with Crippen molar-refractivity contribution in [1.82, 2.24) is 10.6 Å². The van der Waals surface area contributed by atoms with Crippen LogP contribution in [-0.4, -0.2) is 47.3 Å². The third-order valence-electron chi connectivity index (χ3n) is 8.45. The second-order valence-corrected chi connectivity index (χ2v) is 12.1. The lowest BCUT2D eigenvalue weighted by molar-refractivity contribution is -0.134. The smallest absolute Gasteiger partial charge is 0.328 e. The van der Waals surface area contributed by atoms with E-state index >= 15 is 0 Å². The van der Waals surface area contributed by atoms with Crippen molar-refractivity contribution in [2.45, 2.75) is 84.2 Å². The van der Waals surface area contributed by atoms with Crippen LogP contribution in [0.3, 0.4) is 0 Å². The lowest BCUT2D eigenvalue weighted by Gasteiger charge is -2.54. The highest BCUT2D eigenvalue weighted by molar-refractivity contribution is 5.89. The van der Waals surface area contributed by atoms with Crippen LogP contribution < -0.4 is 10.6 Å². The van der Waals surface area contributed by atoms with Crippen LogP contribution in [-0.2, 0) is 16.0 Å². The second kappa shape index (κ2) is 15.9. The molecular formula is C33H47FN2O4. The van der Waals surface area contributed by atoms with Crippen molar-refractivity contribution in [3.63, 3.8) is 0 Å². The summed E-state index contributed by atoms with van der Waals surface area (Å²) >= 11 is 0. The molecule has 5 rings (SSSR count). The molecule has 0 spiro atoms. The fraction of sp³-hybridized carbons (Fsp3) is 0.576. The Morgan fingerprint density at radius 3 is 2.02 bits per heavy atom. The minimum atomic E-state index is -1.26. The monoisotopic (exact) mass is 554 g/mol. The van der Waals surface area contributed by atoms with E-state index in [4.69, 9.17) is 10.2 Å². The lowest BCUT2D eigenvalue weighted by Crippen LogP contribution is -2.55. The Morgan fingerprint density at radius 1 is 0.925 bits per heavy atom. The average Bonchev–Trinajstić information content (AvgIpc) is 2.87. The van der Waals surface area contributed by atoms with Crippen molar-refractivity contribution in [2.24, 2.45) is 23.7 Å². The van der Waals surface area contributed by atoms with E-state index in [9.17, 15) is 14.0 Å². The van der Waals surface area contributed by atoms with Crippen LogP contribution in [0, 0.1) is 29.5 Å². The van der Waals surface area contributed by atoms with Crippen molar-refractivity contribution < 1.29 is 24.2 Å². The van der Waals surface area contributed by atoms with Gasteiger partial charge in [0.1, 0.15) is 5.82 Å². The molecule has 1 aromatic rings. The molecule has 0 amide bonds. The average molecular weight is 555 g/mol. The van der Waals surface area contributed by atoms with E-state index in [1.165, 1.54) is 48.8 Å². The summed E-state index contributed by atoms with van der Waals surface area (Å²) in [5.74, 6) is 1.25. The van der Waals surface area contributed by atoms with Crippen molar-refractivity contribution in [3.8, 4) is 0 Å². The number of benzene rings is 1. The number of allylic oxidation sites excluding steroid dienone is 3. The molecular weight excluding hydrogens is 507 g/mol. The van der Waals surface area contributed by atoms with Crippen LogP contribution in [0.25, 0.3) is 0 Å². The van der Waals surface area contributed by atoms with Crippen molar-refractivity contribution in [3.05, 3.63) is 71.1 Å². The van der Waals surface area contributed by atoms with Crippen molar-refractivity contribution in [1.29, 1.82) is 0 Å². The third-order valence-corrected chi connectivity index (χ3v) is 8.45. The van der Waals surface area contributed by atoms with Gasteiger partial charge >= 0.3 is 11.9 Å². The SMILES string of the molecule is CC(C)=CCC/C(C)=C/C(Cc1ccc(F)cc1)NCCNC1C2CC3CC(C2)CC1C3.O=C(O)/C=C\C(=O)O. The number of nitrogens with one attached hydrogen (secondary N) is 2. The molecule has 220 valence electrons. The first kappa shape index (κ1) is 31.8. The molecule has 6 nitrogen and oxygen atoms in total. The Balaban J connectivity index is 0.000000482. The number of hydrogen-bond acceptors (Lipinski definition) is 4. The Bertz CT molecular complexity index is 1010. The molecule has 0 saturated heterocycles. The number of halogens is 1. The van der Waals surface area contributed by atoms with Gasteiger partial charge in [-0.3, -0.25) is 0 Å². The third kappa shape index (κ3) is 11.0. The van der Waals surface area contributed by atoms with Gasteiger partial charge in [0.05, 0.1) is 0 Å². The Hall–Kier alpha value is -2.77. The van der Waals surface area contributed by atoms with E-state index in [0.29, 0.717) is 12.2 Å². The first-order valence-corrected chi connectivity index (χ1v) is 14.7. The fourth-order valence-corrected chi connectivity index (χ4v) is 6.98. The number of carboxylic acid groups (broad SMARTS) is 2. The molecule has 4 aliphatic carbocycles. The van der Waals surface area contributed by atoms with Gasteiger partial charge in [-0.25, -0.2) is 14.0 Å². The minimum absolute atomic E-state index is 0.161. The van der Waals surface area contributed by atoms with Crippen LogP contribution in [0.4, 0.5) is 4.39 Å². The summed E-state index contributed by atoms with van der Waals surface area (Å²) in [6, 6.07) is 8.03. The zero-order chi connectivity index (χ0) is 29.1. The van der Waals surface area contributed by atoms with E-state index in [1.807, 2.05) is 12.1 Å². The fourth-order valence-electron chi connectivity index (χ4n) is 6.98. The number of carbonyl (C=O) groups is 2. The van der Waals surface area contributed by atoms with Gasteiger partial charge in [0.25, 0.3) is 0 Å². The highest BCUT2D eigenvalue weighted by atomic mass is 19.1. The molecule has 4 aliphatic rings. The summed E-state index contributed by atoms with van der Waals surface area (Å²) in [6.07, 6.45) is 16.3. The van der Waals surface area contributed by atoms with Gasteiger partial charge in [0.15, 0.2) is 0 Å². The molecule has 0 radical (unpaired) electrons. The summed E-state index contributed by atoms with van der Waals surface area (Å²) in [5, 5.41) is 23.4. The molecule has 4 N–H and O–H groups in total. The van der Waals surface area contributed by atoms with Crippen molar-refractivity contribution >= 4 is 11.9 Å². The lowest BCUT2D eigenvalue weighted by atomic mass is 9.54. The summed E-state index contributed by atoms with van der Waals surface area (Å²) in [5.41, 5.74) is 4.00. The normalized spacial score (nSPS) is 25.8. The van der Waals surface area contributed by atoms with Crippen molar-refractivity contribution in [2.75, 3.05) is 13.1 Å². The molecule has 4 saturated carbocycles. The van der Waals surface area contributed by atoms with Crippen LogP contribution in [0.1, 0.15) is 71.3 Å². The number of carboxylic acids is 2. The molecule has 1 aromatic carbocycles. The van der Waals surface area contributed by atoms with E-state index in [0.717, 1.165) is 62.1 Å². The Kier molecular flexibility index (Phi) is 12.6. The van der Waals surface area contributed by atoms with Gasteiger partial charge in [0, 0.05) is 37.3 Å². The maximum absolute atomic E-state index is 13.3. The first-order chi connectivity index (χ1) is 19.1. The van der Waals surface area contributed by atoms with E-state index in [1.54, 1.807) is 12.1 Å². The predicted molar refractivity (Wildman–Crippen MR) is 158 cm³/mol. The van der Waals surface area contributed by atoms with E-state index in [-0.39, 0.29) is 11.9 Å². The summed E-state index contributed by atoms with van der Waals surface area (Å²) < 4.78 is 13.3. The molecule has 4 bridgehead atoms. The topological polar surface area (TPSA) is 98.7 Å². The molecule has 0 aliphatic heterocycles. The van der Waals surface area contributed by atoms with Gasteiger partial charge in [0.2, 0.25) is 0 Å². The molecule has 0 heterocycles. The maximum atomic E-state index is 13.3. The highest BCUT2D eigenvalue weighted by Crippen LogP contribution is 2.53. The Labute approximate surface area is 238 Å². The van der Waals surface area contributed by atoms with Gasteiger partial charge in [-0.1, -0.05) is 35.4 Å². The van der Waals surface area contributed by atoms with Gasteiger partial charge < -0.3 is 20.8 Å². The summed E-state index contributed by atoms with van der Waals surface area (Å²) in [7, 11) is 0. The number of aliphatic carboxylic acids is 2. The van der Waals surface area contributed by atoms with Gasteiger partial charge in [-0.15, -0.1) is 0 Å². The second-order valence-electron chi connectivity index (χ2n) is 12.1. The largest absolute Gasteiger partial charge is 0.478 e. The molecule has 7 heteroatoms. The number of rotatable bonds is 13. The zero-order valence-corrected chi connectivity index (χ0v) is 24.2. The van der Waals surface area contributed by atoms with Gasteiger partial charge in [-0.2, -0.15) is 0 Å². The van der Waals surface area contributed by atoms with Gasteiger partial charge in [-0.05, 0) is 114 Å². The van der Waals surface area contributed by atoms with E-state index in [2.05, 4.69) is 43.6 Å². The first-order valence-electron chi connectivity index (χ1n) is 14.7. The Morgan fingerprint density at radius 2 is 1.50 bits per heavy atom. The van der Waals surface area contributed by atoms with Crippen LogP contribution in [0.5, 0.6) is 0 Å². The van der Waals surface area contributed by atoms with E-state index < -0.39 is 11.9 Å². The molecule has 4 fully saturated rings. The maximum Gasteiger partial charge on any atom is 0.328 e. The quantitative estimate of drug-likeness (QED) is 0.133. The molecule has 40 heavy (non-hydrogen) atoms. The standard InChI is InChI=1S/C29H43FN2.C4H4O4/c1-20(2)5-4-6-21(3)13-28(19-22-7-9-27(30)10-8-22)31-11-12-32-29-25-15-23-14-24(17-25)18-26(29)16-23;5-3(6)1-2-4(7)8/h5,7-10,13,23-26,28-29,31-32H,4,6,11-12,14-19H2,1-3H3;1-2H,(H,5,6)(H,7,8)/b21-13+;2-1-. The summed E-state index contributed by atoms with van der Waals surface area (Å²) in [4.78, 5) is 19.1. The highest BCUT2D eigenvalue weighted by Gasteiger charge is 2.47. The predicted octanol–water partition coefficient (Wildman–Crippen LogP) is 6.15. The minimum Gasteiger partial charge on any atom is -0.478 e. The number of hydrogen-bond donors (Lipinski definition) is 4. The van der Waals surface area contributed by atoms with Crippen LogP contribution in [0.2, 0.25) is 0 Å². The zero-order valence-electron chi connectivity index (χ0n) is 24.2. The summed E-state index contributed by atoms with van der Waals surface area (Å²) in [6.45, 7) is 8.58. The molecule has 1 atom stereocenters. The van der Waals surface area contributed by atoms with Crippen LogP contribution in [0.15, 0.2) is 59.7 Å². The van der Waals surface area contributed by atoms with Crippen LogP contribution >= 0.6 is 0 Å².